The molecular weight excluding hydrogens is 362 g/mol. The van der Waals surface area contributed by atoms with Crippen LogP contribution in [-0.2, 0) is 9.53 Å². The van der Waals surface area contributed by atoms with E-state index in [0.717, 1.165) is 10.0 Å². The lowest BCUT2D eigenvalue weighted by Gasteiger charge is -2.01. The van der Waals surface area contributed by atoms with Crippen molar-refractivity contribution in [1.29, 1.82) is 0 Å². The van der Waals surface area contributed by atoms with E-state index in [-0.39, 0.29) is 18.4 Å². The monoisotopic (exact) mass is 371 g/mol. The van der Waals surface area contributed by atoms with E-state index in [2.05, 4.69) is 20.9 Å². The summed E-state index contributed by atoms with van der Waals surface area (Å²) in [6.07, 6.45) is 1.69. The van der Waals surface area contributed by atoms with Crippen LogP contribution in [-0.4, -0.2) is 18.7 Å². The summed E-state index contributed by atoms with van der Waals surface area (Å²) in [6.45, 7) is 0.194. The lowest BCUT2D eigenvalue weighted by atomic mass is 10.2. The first-order valence-electron chi connectivity index (χ1n) is 6.87. The van der Waals surface area contributed by atoms with E-state index in [9.17, 15) is 4.79 Å². The fraction of sp³-hybridized carbons (Fsp3) is 0.0588. The molecule has 0 unspecified atom stereocenters. The zero-order valence-corrected chi connectivity index (χ0v) is 13.4. The summed E-state index contributed by atoms with van der Waals surface area (Å²) in [4.78, 5) is 16.3. The average Bonchev–Trinajstić information content (AvgIpc) is 3.14. The van der Waals surface area contributed by atoms with Gasteiger partial charge in [0.1, 0.15) is 0 Å². The SMILES string of the molecule is O=C1OC(c2ccc3c(c2)OCO3)=N/C1=C/c1cccc(Br)c1. The Kier molecular flexibility index (Phi) is 3.38. The van der Waals surface area contributed by atoms with Gasteiger partial charge in [-0.3, -0.25) is 0 Å². The molecule has 2 aromatic carbocycles. The molecule has 0 amide bonds. The molecule has 0 fully saturated rings. The number of aliphatic imine (C=N–C) groups is 1. The lowest BCUT2D eigenvalue weighted by Crippen LogP contribution is -2.05. The molecule has 23 heavy (non-hydrogen) atoms. The Morgan fingerprint density at radius 3 is 2.83 bits per heavy atom. The molecule has 2 aliphatic rings. The molecule has 0 saturated carbocycles. The molecule has 0 saturated heterocycles. The van der Waals surface area contributed by atoms with Gasteiger partial charge in [0.2, 0.25) is 12.7 Å². The molecule has 2 aliphatic heterocycles. The van der Waals surface area contributed by atoms with Crippen molar-refractivity contribution in [2.24, 2.45) is 4.99 Å². The molecule has 0 atom stereocenters. The number of benzene rings is 2. The van der Waals surface area contributed by atoms with Crippen molar-refractivity contribution in [1.82, 2.24) is 0 Å². The molecule has 0 radical (unpaired) electrons. The normalized spacial score (nSPS) is 17.3. The second-order valence-corrected chi connectivity index (χ2v) is 5.87. The summed E-state index contributed by atoms with van der Waals surface area (Å²) in [5, 5.41) is 0. The predicted octanol–water partition coefficient (Wildman–Crippen LogP) is 3.52. The maximum atomic E-state index is 12.0. The van der Waals surface area contributed by atoms with Crippen molar-refractivity contribution >= 4 is 33.9 Å². The van der Waals surface area contributed by atoms with Crippen molar-refractivity contribution in [2.75, 3.05) is 6.79 Å². The second kappa shape index (κ2) is 5.55. The summed E-state index contributed by atoms with van der Waals surface area (Å²) < 4.78 is 16.8. The van der Waals surface area contributed by atoms with Gasteiger partial charge in [-0.25, -0.2) is 9.79 Å². The number of rotatable bonds is 2. The maximum Gasteiger partial charge on any atom is 0.363 e. The molecule has 0 N–H and O–H groups in total. The Bertz CT molecular complexity index is 873. The third kappa shape index (κ3) is 2.73. The number of halogens is 1. The van der Waals surface area contributed by atoms with Crippen molar-refractivity contribution in [3.05, 3.63) is 63.8 Å². The quantitative estimate of drug-likeness (QED) is 0.598. The van der Waals surface area contributed by atoms with Gasteiger partial charge in [-0.1, -0.05) is 28.1 Å². The molecule has 0 spiro atoms. The van der Waals surface area contributed by atoms with Crippen molar-refractivity contribution < 1.29 is 19.0 Å². The molecule has 0 bridgehead atoms. The van der Waals surface area contributed by atoms with Crippen LogP contribution in [0.15, 0.2) is 57.6 Å². The minimum Gasteiger partial charge on any atom is -0.454 e. The second-order valence-electron chi connectivity index (χ2n) is 4.96. The topological polar surface area (TPSA) is 57.1 Å². The van der Waals surface area contributed by atoms with Gasteiger partial charge < -0.3 is 14.2 Å². The molecule has 0 aliphatic carbocycles. The lowest BCUT2D eigenvalue weighted by molar-refractivity contribution is -0.129. The van der Waals surface area contributed by atoms with Crippen LogP contribution in [0.5, 0.6) is 11.5 Å². The van der Waals surface area contributed by atoms with E-state index in [0.29, 0.717) is 17.1 Å². The Morgan fingerprint density at radius 1 is 1.09 bits per heavy atom. The van der Waals surface area contributed by atoms with E-state index < -0.39 is 5.97 Å². The summed E-state index contributed by atoms with van der Waals surface area (Å²) in [6, 6.07) is 12.9. The zero-order valence-electron chi connectivity index (χ0n) is 11.8. The smallest absolute Gasteiger partial charge is 0.363 e. The van der Waals surface area contributed by atoms with E-state index >= 15 is 0 Å². The molecule has 6 heteroatoms. The number of fused-ring (bicyclic) bond motifs is 1. The number of cyclic esters (lactones) is 1. The first-order chi connectivity index (χ1) is 11.2. The Balaban J connectivity index is 1.67. The number of esters is 1. The zero-order chi connectivity index (χ0) is 15.8. The van der Waals surface area contributed by atoms with Gasteiger partial charge >= 0.3 is 5.97 Å². The van der Waals surface area contributed by atoms with Gasteiger partial charge in [0.05, 0.1) is 0 Å². The molecule has 5 nitrogen and oxygen atoms in total. The largest absolute Gasteiger partial charge is 0.454 e. The highest BCUT2D eigenvalue weighted by Gasteiger charge is 2.25. The number of hydrogen-bond acceptors (Lipinski definition) is 5. The minimum atomic E-state index is -0.474. The van der Waals surface area contributed by atoms with Gasteiger partial charge in [0, 0.05) is 10.0 Å². The number of nitrogens with zero attached hydrogens (tertiary/aromatic N) is 1. The number of ether oxygens (including phenoxy) is 3. The van der Waals surface area contributed by atoms with Crippen LogP contribution in [0, 0.1) is 0 Å². The highest BCUT2D eigenvalue weighted by Crippen LogP contribution is 2.33. The highest BCUT2D eigenvalue weighted by atomic mass is 79.9. The first-order valence-corrected chi connectivity index (χ1v) is 7.66. The maximum absolute atomic E-state index is 12.0. The third-order valence-corrected chi connectivity index (χ3v) is 3.89. The molecule has 4 rings (SSSR count). The van der Waals surface area contributed by atoms with Crippen LogP contribution in [0.25, 0.3) is 6.08 Å². The summed E-state index contributed by atoms with van der Waals surface area (Å²) in [5.74, 6) is 1.07. The van der Waals surface area contributed by atoms with Crippen LogP contribution in [0.2, 0.25) is 0 Å². The summed E-state index contributed by atoms with van der Waals surface area (Å²) >= 11 is 3.40. The van der Waals surface area contributed by atoms with Gasteiger partial charge in [-0.05, 0) is 42.0 Å². The van der Waals surface area contributed by atoms with Crippen LogP contribution >= 0.6 is 15.9 Å². The van der Waals surface area contributed by atoms with Gasteiger partial charge in [-0.15, -0.1) is 0 Å². The number of carbonyl (C=O) groups is 1. The van der Waals surface area contributed by atoms with Crippen molar-refractivity contribution in [3.8, 4) is 11.5 Å². The third-order valence-electron chi connectivity index (χ3n) is 3.39. The van der Waals surface area contributed by atoms with E-state index in [1.807, 2.05) is 24.3 Å². The summed E-state index contributed by atoms with van der Waals surface area (Å²) in [5.41, 5.74) is 1.79. The highest BCUT2D eigenvalue weighted by molar-refractivity contribution is 9.10. The number of carbonyl (C=O) groups excluding carboxylic acids is 1. The molecule has 2 heterocycles. The molecule has 0 aromatic heterocycles. The van der Waals surface area contributed by atoms with Crippen molar-refractivity contribution in [2.45, 2.75) is 0 Å². The predicted molar refractivity (Wildman–Crippen MR) is 87.3 cm³/mol. The van der Waals surface area contributed by atoms with Gasteiger partial charge in [0.25, 0.3) is 0 Å². The van der Waals surface area contributed by atoms with Gasteiger partial charge in [0.15, 0.2) is 17.2 Å². The Hall–Kier alpha value is -2.60. The Morgan fingerprint density at radius 2 is 1.96 bits per heavy atom. The Labute approximate surface area is 140 Å². The minimum absolute atomic E-state index is 0.194. The fourth-order valence-electron chi connectivity index (χ4n) is 2.32. The standard InChI is InChI=1S/C17H10BrNO4/c18-12-3-1-2-10(6-12)7-13-17(20)23-16(19-13)11-4-5-14-15(8-11)22-9-21-14/h1-8H,9H2/b13-7+. The van der Waals surface area contributed by atoms with Crippen LogP contribution in [0.4, 0.5) is 0 Å². The van der Waals surface area contributed by atoms with E-state index in [1.165, 1.54) is 0 Å². The van der Waals surface area contributed by atoms with Crippen LogP contribution in [0.1, 0.15) is 11.1 Å². The van der Waals surface area contributed by atoms with Crippen LogP contribution < -0.4 is 9.47 Å². The first kappa shape index (κ1) is 14.0. The van der Waals surface area contributed by atoms with Crippen LogP contribution in [0.3, 0.4) is 0 Å². The number of hydrogen-bond donors (Lipinski definition) is 0. The van der Waals surface area contributed by atoms with E-state index in [1.54, 1.807) is 24.3 Å². The van der Waals surface area contributed by atoms with E-state index in [4.69, 9.17) is 14.2 Å². The molecular formula is C17H10BrNO4. The van der Waals surface area contributed by atoms with Gasteiger partial charge in [-0.2, -0.15) is 0 Å². The molecule has 114 valence electrons. The van der Waals surface area contributed by atoms with Crippen molar-refractivity contribution in [3.63, 3.8) is 0 Å². The molecule has 2 aromatic rings. The fourth-order valence-corrected chi connectivity index (χ4v) is 2.73. The average molecular weight is 372 g/mol. The summed E-state index contributed by atoms with van der Waals surface area (Å²) in [7, 11) is 0.